The van der Waals surface area contributed by atoms with Crippen LogP contribution in [0.1, 0.15) is 27.2 Å². The first-order chi connectivity index (χ1) is 9.85. The number of carbonyl (C=O) groups excluding carboxylic acids is 1. The smallest absolute Gasteiger partial charge is 0.240 e. The summed E-state index contributed by atoms with van der Waals surface area (Å²) in [4.78, 5) is 11.6. The Bertz CT molecular complexity index is 553. The number of rotatable bonds is 8. The molecule has 0 aliphatic heterocycles. The van der Waals surface area contributed by atoms with Gasteiger partial charge in [-0.25, -0.2) is 13.1 Å². The molecule has 0 spiro atoms. The molecule has 0 bridgehead atoms. The molecular formula is C14H23N3O3S. The first-order valence-corrected chi connectivity index (χ1v) is 8.46. The Kier molecular flexibility index (Phi) is 6.64. The number of hydrogen-bond acceptors (Lipinski definition) is 4. The van der Waals surface area contributed by atoms with Gasteiger partial charge in [0.1, 0.15) is 0 Å². The van der Waals surface area contributed by atoms with E-state index in [-0.39, 0.29) is 23.4 Å². The van der Waals surface area contributed by atoms with E-state index >= 15 is 0 Å². The molecule has 3 N–H and O–H groups in total. The average molecular weight is 313 g/mol. The van der Waals surface area contributed by atoms with Crippen LogP contribution in [0.4, 0.5) is 5.69 Å². The molecule has 0 unspecified atom stereocenters. The Labute approximate surface area is 126 Å². The van der Waals surface area contributed by atoms with Crippen molar-refractivity contribution in [1.29, 1.82) is 0 Å². The molecule has 0 saturated carbocycles. The Morgan fingerprint density at radius 1 is 1.19 bits per heavy atom. The quantitative estimate of drug-likeness (QED) is 0.675. The highest BCUT2D eigenvalue weighted by molar-refractivity contribution is 7.89. The second kappa shape index (κ2) is 7.99. The van der Waals surface area contributed by atoms with Crippen molar-refractivity contribution in [2.45, 2.75) is 38.1 Å². The fourth-order valence-corrected chi connectivity index (χ4v) is 2.89. The van der Waals surface area contributed by atoms with Crippen LogP contribution in [0.5, 0.6) is 0 Å². The van der Waals surface area contributed by atoms with Crippen molar-refractivity contribution in [3.05, 3.63) is 24.3 Å². The van der Waals surface area contributed by atoms with Crippen molar-refractivity contribution in [3.63, 3.8) is 0 Å². The van der Waals surface area contributed by atoms with E-state index in [0.717, 1.165) is 6.42 Å². The van der Waals surface area contributed by atoms with Gasteiger partial charge in [0.25, 0.3) is 0 Å². The third-order valence-corrected chi connectivity index (χ3v) is 4.26. The van der Waals surface area contributed by atoms with Gasteiger partial charge in [-0.1, -0.05) is 6.92 Å². The predicted molar refractivity (Wildman–Crippen MR) is 83.7 cm³/mol. The molecule has 21 heavy (non-hydrogen) atoms. The van der Waals surface area contributed by atoms with Crippen LogP contribution in [0.25, 0.3) is 0 Å². The van der Waals surface area contributed by atoms with E-state index < -0.39 is 10.0 Å². The van der Waals surface area contributed by atoms with Crippen molar-refractivity contribution in [2.75, 3.05) is 18.4 Å². The normalized spacial score (nSPS) is 11.4. The molecule has 7 heteroatoms. The lowest BCUT2D eigenvalue weighted by Crippen LogP contribution is -2.30. The van der Waals surface area contributed by atoms with Gasteiger partial charge in [0.15, 0.2) is 0 Å². The van der Waals surface area contributed by atoms with Crippen LogP contribution in [0.2, 0.25) is 0 Å². The van der Waals surface area contributed by atoms with E-state index in [1.54, 1.807) is 26.0 Å². The molecule has 0 saturated heterocycles. The molecule has 0 aliphatic carbocycles. The predicted octanol–water partition coefficient (Wildman–Crippen LogP) is 1.31. The molecule has 0 aliphatic rings. The fourth-order valence-electron chi connectivity index (χ4n) is 1.64. The largest absolute Gasteiger partial charge is 0.376 e. The first kappa shape index (κ1) is 17.5. The van der Waals surface area contributed by atoms with Crippen LogP contribution in [-0.2, 0) is 14.8 Å². The van der Waals surface area contributed by atoms with Gasteiger partial charge in [0.2, 0.25) is 15.9 Å². The Hall–Kier alpha value is -1.60. The lowest BCUT2D eigenvalue weighted by molar-refractivity contribution is -0.119. The van der Waals surface area contributed by atoms with Crippen LogP contribution >= 0.6 is 0 Å². The molecule has 0 fully saturated rings. The molecule has 1 aromatic carbocycles. The highest BCUT2D eigenvalue weighted by Gasteiger charge is 2.14. The fraction of sp³-hybridized carbons (Fsp3) is 0.500. The molecular weight excluding hydrogens is 290 g/mol. The van der Waals surface area contributed by atoms with E-state index in [2.05, 4.69) is 15.4 Å². The summed E-state index contributed by atoms with van der Waals surface area (Å²) >= 11 is 0. The second-order valence-electron chi connectivity index (χ2n) is 5.00. The molecule has 1 amide bonds. The zero-order chi connectivity index (χ0) is 15.9. The Morgan fingerprint density at radius 2 is 1.81 bits per heavy atom. The first-order valence-electron chi connectivity index (χ1n) is 6.98. The maximum atomic E-state index is 11.9. The standard InChI is InChI=1S/C14H23N3O3S/c1-4-9-15-14(18)10-16-12-5-7-13(8-6-12)21(19,20)17-11(2)3/h5-8,11,16-17H,4,9-10H2,1-3H3,(H,15,18). The number of carbonyl (C=O) groups is 1. The summed E-state index contributed by atoms with van der Waals surface area (Å²) in [6.07, 6.45) is 0.890. The third kappa shape index (κ3) is 6.14. The van der Waals surface area contributed by atoms with Gasteiger partial charge >= 0.3 is 0 Å². The number of anilines is 1. The van der Waals surface area contributed by atoms with Gasteiger partial charge in [-0.05, 0) is 44.5 Å². The van der Waals surface area contributed by atoms with Crippen LogP contribution in [0.3, 0.4) is 0 Å². The van der Waals surface area contributed by atoms with Crippen LogP contribution in [0.15, 0.2) is 29.2 Å². The van der Waals surface area contributed by atoms with Crippen molar-refractivity contribution >= 4 is 21.6 Å². The molecule has 0 radical (unpaired) electrons. The van der Waals surface area contributed by atoms with Crippen LogP contribution < -0.4 is 15.4 Å². The summed E-state index contributed by atoms with van der Waals surface area (Å²) in [5.74, 6) is -0.0879. The summed E-state index contributed by atoms with van der Waals surface area (Å²) in [6, 6.07) is 6.15. The van der Waals surface area contributed by atoms with E-state index in [0.29, 0.717) is 12.2 Å². The van der Waals surface area contributed by atoms with Crippen molar-refractivity contribution in [2.24, 2.45) is 0 Å². The highest BCUT2D eigenvalue weighted by Crippen LogP contribution is 2.14. The maximum absolute atomic E-state index is 11.9. The van der Waals surface area contributed by atoms with Gasteiger partial charge in [-0.3, -0.25) is 4.79 Å². The summed E-state index contributed by atoms with van der Waals surface area (Å²) in [6.45, 7) is 6.33. The van der Waals surface area contributed by atoms with Gasteiger partial charge in [0.05, 0.1) is 11.4 Å². The van der Waals surface area contributed by atoms with Crippen molar-refractivity contribution in [1.82, 2.24) is 10.0 Å². The summed E-state index contributed by atoms with van der Waals surface area (Å²) in [5.41, 5.74) is 0.699. The summed E-state index contributed by atoms with van der Waals surface area (Å²) < 4.78 is 26.4. The minimum Gasteiger partial charge on any atom is -0.376 e. The van der Waals surface area contributed by atoms with Crippen molar-refractivity contribution < 1.29 is 13.2 Å². The summed E-state index contributed by atoms with van der Waals surface area (Å²) in [7, 11) is -3.48. The molecule has 1 rings (SSSR count). The number of amides is 1. The topological polar surface area (TPSA) is 87.3 Å². The number of nitrogens with one attached hydrogen (secondary N) is 3. The third-order valence-electron chi connectivity index (χ3n) is 2.58. The van der Waals surface area contributed by atoms with Crippen molar-refractivity contribution in [3.8, 4) is 0 Å². The van der Waals surface area contributed by atoms with Crippen LogP contribution in [-0.4, -0.2) is 33.5 Å². The molecule has 1 aromatic rings. The summed E-state index contributed by atoms with van der Waals surface area (Å²) in [5, 5.41) is 5.70. The lowest BCUT2D eigenvalue weighted by atomic mass is 10.3. The maximum Gasteiger partial charge on any atom is 0.240 e. The van der Waals surface area contributed by atoms with Gasteiger partial charge in [-0.15, -0.1) is 0 Å². The Morgan fingerprint density at radius 3 is 2.33 bits per heavy atom. The monoisotopic (exact) mass is 313 g/mol. The zero-order valence-electron chi connectivity index (χ0n) is 12.6. The SMILES string of the molecule is CCCNC(=O)CNc1ccc(S(=O)(=O)NC(C)C)cc1. The van der Waals surface area contributed by atoms with E-state index in [1.165, 1.54) is 12.1 Å². The van der Waals surface area contributed by atoms with E-state index in [9.17, 15) is 13.2 Å². The Balaban J connectivity index is 2.60. The number of sulfonamides is 1. The minimum absolute atomic E-state index is 0.0879. The average Bonchev–Trinajstić information content (AvgIpc) is 2.42. The number of benzene rings is 1. The number of hydrogen-bond donors (Lipinski definition) is 3. The van der Waals surface area contributed by atoms with E-state index in [4.69, 9.17) is 0 Å². The molecule has 6 nitrogen and oxygen atoms in total. The molecule has 0 atom stereocenters. The highest BCUT2D eigenvalue weighted by atomic mass is 32.2. The zero-order valence-corrected chi connectivity index (χ0v) is 13.5. The van der Waals surface area contributed by atoms with Gasteiger partial charge in [0, 0.05) is 18.3 Å². The molecule has 0 heterocycles. The molecule has 118 valence electrons. The second-order valence-corrected chi connectivity index (χ2v) is 6.72. The van der Waals surface area contributed by atoms with Crippen LogP contribution in [0, 0.1) is 0 Å². The minimum atomic E-state index is -3.48. The van der Waals surface area contributed by atoms with E-state index in [1.807, 2.05) is 6.92 Å². The molecule has 0 aromatic heterocycles. The van der Waals surface area contributed by atoms with Gasteiger partial charge in [-0.2, -0.15) is 0 Å². The van der Waals surface area contributed by atoms with Gasteiger partial charge < -0.3 is 10.6 Å². The lowest BCUT2D eigenvalue weighted by Gasteiger charge is -2.11.